The number of fused-ring (bicyclic) bond motifs is 1. The third kappa shape index (κ3) is 1.34. The molecule has 2 atom stereocenters. The van der Waals surface area contributed by atoms with Crippen LogP contribution in [0.3, 0.4) is 0 Å². The number of amidine groups is 1. The molecule has 3 fully saturated rings. The van der Waals surface area contributed by atoms with Crippen molar-refractivity contribution in [3.8, 4) is 0 Å². The van der Waals surface area contributed by atoms with Crippen molar-refractivity contribution in [1.82, 2.24) is 4.90 Å². The molecule has 3 rings (SSSR count). The van der Waals surface area contributed by atoms with Gasteiger partial charge in [0.1, 0.15) is 0 Å². The molecule has 0 aromatic heterocycles. The van der Waals surface area contributed by atoms with Crippen LogP contribution in [-0.4, -0.2) is 36.0 Å². The fourth-order valence-electron chi connectivity index (χ4n) is 2.82. The van der Waals surface area contributed by atoms with Gasteiger partial charge < -0.3 is 9.64 Å². The van der Waals surface area contributed by atoms with E-state index < -0.39 is 0 Å². The lowest BCUT2D eigenvalue weighted by atomic mass is 10.1. The van der Waals surface area contributed by atoms with Crippen molar-refractivity contribution in [1.29, 1.82) is 5.41 Å². The van der Waals surface area contributed by atoms with Crippen LogP contribution in [0, 0.1) is 11.3 Å². The van der Waals surface area contributed by atoms with Gasteiger partial charge in [-0.25, -0.2) is 0 Å². The van der Waals surface area contributed by atoms with Crippen molar-refractivity contribution in [2.24, 2.45) is 5.92 Å². The molecule has 2 aliphatic carbocycles. The van der Waals surface area contributed by atoms with E-state index in [2.05, 4.69) is 4.90 Å². The lowest BCUT2D eigenvalue weighted by molar-refractivity contribution is -0.0305. The topological polar surface area (TPSA) is 36.3 Å². The highest BCUT2D eigenvalue weighted by molar-refractivity contribution is 5.84. The van der Waals surface area contributed by atoms with Crippen LogP contribution in [0.5, 0.6) is 0 Å². The molecular weight excluding hydrogens is 176 g/mol. The Labute approximate surface area is 84.9 Å². The molecule has 78 valence electrons. The molecule has 1 heterocycles. The first-order valence-electron chi connectivity index (χ1n) is 5.83. The van der Waals surface area contributed by atoms with E-state index in [1.54, 1.807) is 0 Å². The highest BCUT2D eigenvalue weighted by Crippen LogP contribution is 2.36. The predicted molar refractivity (Wildman–Crippen MR) is 54.5 cm³/mol. The molecule has 0 spiro atoms. The molecule has 3 heteroatoms. The zero-order valence-electron chi connectivity index (χ0n) is 8.54. The first-order chi connectivity index (χ1) is 6.86. The van der Waals surface area contributed by atoms with E-state index in [1.807, 2.05) is 0 Å². The summed E-state index contributed by atoms with van der Waals surface area (Å²) in [5.41, 5.74) is 0. The summed E-state index contributed by atoms with van der Waals surface area (Å²) in [4.78, 5) is 2.33. The minimum Gasteiger partial charge on any atom is -0.374 e. The Kier molecular flexibility index (Phi) is 2.01. The van der Waals surface area contributed by atoms with Crippen molar-refractivity contribution < 1.29 is 4.74 Å². The van der Waals surface area contributed by atoms with Crippen LogP contribution < -0.4 is 0 Å². The van der Waals surface area contributed by atoms with Crippen LogP contribution in [0.15, 0.2) is 0 Å². The van der Waals surface area contributed by atoms with Gasteiger partial charge in [-0.05, 0) is 32.1 Å². The maximum absolute atomic E-state index is 8.12. The van der Waals surface area contributed by atoms with Crippen LogP contribution in [0.4, 0.5) is 0 Å². The molecule has 0 aromatic rings. The first kappa shape index (κ1) is 8.72. The van der Waals surface area contributed by atoms with Gasteiger partial charge in [0.15, 0.2) is 0 Å². The van der Waals surface area contributed by atoms with Crippen LogP contribution in [-0.2, 0) is 4.74 Å². The average molecular weight is 194 g/mol. The lowest BCUT2D eigenvalue weighted by Gasteiger charge is -2.39. The molecule has 1 saturated heterocycles. The van der Waals surface area contributed by atoms with Gasteiger partial charge in [0.05, 0.1) is 24.6 Å². The number of hydrogen-bond acceptors (Lipinski definition) is 2. The summed E-state index contributed by atoms with van der Waals surface area (Å²) >= 11 is 0. The van der Waals surface area contributed by atoms with E-state index in [0.717, 1.165) is 19.0 Å². The first-order valence-corrected chi connectivity index (χ1v) is 5.83. The van der Waals surface area contributed by atoms with E-state index in [1.165, 1.54) is 32.1 Å². The highest BCUT2D eigenvalue weighted by Gasteiger charge is 2.40. The molecule has 2 saturated carbocycles. The van der Waals surface area contributed by atoms with Crippen molar-refractivity contribution in [2.75, 3.05) is 13.2 Å². The van der Waals surface area contributed by atoms with Crippen LogP contribution in [0.1, 0.15) is 32.1 Å². The summed E-state index contributed by atoms with van der Waals surface area (Å²) in [6.45, 7) is 1.78. The van der Waals surface area contributed by atoms with E-state index in [0.29, 0.717) is 18.1 Å². The maximum atomic E-state index is 8.12. The minimum absolute atomic E-state index is 0.433. The van der Waals surface area contributed by atoms with Gasteiger partial charge in [-0.15, -0.1) is 0 Å². The van der Waals surface area contributed by atoms with Gasteiger partial charge in [-0.3, -0.25) is 5.41 Å². The smallest absolute Gasteiger partial charge is 0.0993 e. The fraction of sp³-hybridized carbons (Fsp3) is 0.909. The van der Waals surface area contributed by atoms with Gasteiger partial charge in [-0.2, -0.15) is 0 Å². The molecule has 1 N–H and O–H groups in total. The van der Waals surface area contributed by atoms with Crippen molar-refractivity contribution in [2.45, 2.75) is 44.2 Å². The second kappa shape index (κ2) is 3.23. The normalized spacial score (nSPS) is 37.0. The predicted octanol–water partition coefficient (Wildman–Crippen LogP) is 1.63. The summed E-state index contributed by atoms with van der Waals surface area (Å²) in [6.07, 6.45) is 6.65. The third-order valence-corrected chi connectivity index (χ3v) is 3.76. The van der Waals surface area contributed by atoms with Crippen LogP contribution >= 0.6 is 0 Å². The quantitative estimate of drug-likeness (QED) is 0.508. The molecule has 0 radical (unpaired) electrons. The van der Waals surface area contributed by atoms with Gasteiger partial charge in [0.25, 0.3) is 0 Å². The van der Waals surface area contributed by atoms with Crippen LogP contribution in [0.25, 0.3) is 0 Å². The molecule has 2 unspecified atom stereocenters. The second-order valence-corrected chi connectivity index (χ2v) is 4.76. The minimum atomic E-state index is 0.433. The molecule has 0 bridgehead atoms. The van der Waals surface area contributed by atoms with Crippen molar-refractivity contribution in [3.05, 3.63) is 0 Å². The molecule has 3 aliphatic rings. The monoisotopic (exact) mass is 194 g/mol. The zero-order chi connectivity index (χ0) is 9.54. The third-order valence-electron chi connectivity index (χ3n) is 3.76. The van der Waals surface area contributed by atoms with Gasteiger partial charge >= 0.3 is 0 Å². The average Bonchev–Trinajstić information content (AvgIpc) is 2.94. The second-order valence-electron chi connectivity index (χ2n) is 4.76. The van der Waals surface area contributed by atoms with Crippen LogP contribution in [0.2, 0.25) is 0 Å². The maximum Gasteiger partial charge on any atom is 0.0993 e. The van der Waals surface area contributed by atoms with E-state index in [-0.39, 0.29) is 0 Å². The number of nitrogens with one attached hydrogen (secondary N) is 1. The molecule has 0 amide bonds. The van der Waals surface area contributed by atoms with E-state index in [4.69, 9.17) is 10.1 Å². The SMILES string of the molecule is N=C(C1CC1)N1CCOC2CCCC21. The standard InChI is InChI=1S/C11H18N2O/c12-11(8-4-5-8)13-6-7-14-10-3-1-2-9(10)13/h8-10,12H,1-7H2. The summed E-state index contributed by atoms with van der Waals surface area (Å²) in [5, 5.41) is 8.12. The van der Waals surface area contributed by atoms with Gasteiger partial charge in [0, 0.05) is 12.5 Å². The van der Waals surface area contributed by atoms with Crippen molar-refractivity contribution in [3.63, 3.8) is 0 Å². The van der Waals surface area contributed by atoms with Crippen molar-refractivity contribution >= 4 is 5.84 Å². The molecule has 1 aliphatic heterocycles. The number of ether oxygens (including phenoxy) is 1. The Bertz CT molecular complexity index is 250. The Morgan fingerprint density at radius 3 is 2.86 bits per heavy atom. The summed E-state index contributed by atoms with van der Waals surface area (Å²) < 4.78 is 5.74. The molecule has 3 nitrogen and oxygen atoms in total. The fourth-order valence-corrected chi connectivity index (χ4v) is 2.82. The number of hydrogen-bond donors (Lipinski definition) is 1. The lowest BCUT2D eigenvalue weighted by Crippen LogP contribution is -2.51. The highest BCUT2D eigenvalue weighted by atomic mass is 16.5. The summed E-state index contributed by atoms with van der Waals surface area (Å²) in [7, 11) is 0. The summed E-state index contributed by atoms with van der Waals surface area (Å²) in [5.74, 6) is 1.50. The zero-order valence-corrected chi connectivity index (χ0v) is 8.54. The Morgan fingerprint density at radius 1 is 1.21 bits per heavy atom. The molecule has 14 heavy (non-hydrogen) atoms. The number of rotatable bonds is 1. The Hall–Kier alpha value is -0.570. The molecule has 0 aromatic carbocycles. The number of morpholine rings is 1. The Morgan fingerprint density at radius 2 is 2.07 bits per heavy atom. The molecular formula is C11H18N2O. The Balaban J connectivity index is 1.73. The largest absolute Gasteiger partial charge is 0.374 e. The van der Waals surface area contributed by atoms with Gasteiger partial charge in [-0.1, -0.05) is 0 Å². The van der Waals surface area contributed by atoms with Gasteiger partial charge in [0.2, 0.25) is 0 Å². The van der Waals surface area contributed by atoms with E-state index >= 15 is 0 Å². The summed E-state index contributed by atoms with van der Waals surface area (Å²) in [6, 6.07) is 0.539. The van der Waals surface area contributed by atoms with E-state index in [9.17, 15) is 0 Å². The number of nitrogens with zero attached hydrogens (tertiary/aromatic N) is 1.